The van der Waals surface area contributed by atoms with Gasteiger partial charge in [0.2, 0.25) is 0 Å². The highest BCUT2D eigenvalue weighted by molar-refractivity contribution is 5.97. The first-order chi connectivity index (χ1) is 15.5. The van der Waals surface area contributed by atoms with Crippen LogP contribution in [-0.2, 0) is 12.0 Å². The van der Waals surface area contributed by atoms with Crippen molar-refractivity contribution in [3.8, 4) is 11.5 Å². The van der Waals surface area contributed by atoms with Crippen LogP contribution in [0.25, 0.3) is 0 Å². The zero-order valence-corrected chi connectivity index (χ0v) is 19.3. The van der Waals surface area contributed by atoms with Gasteiger partial charge in [0.05, 0.1) is 12.6 Å². The summed E-state index contributed by atoms with van der Waals surface area (Å²) in [6.45, 7) is 4.74. The molecule has 1 amide bonds. The fourth-order valence-electron chi connectivity index (χ4n) is 4.89. The minimum absolute atomic E-state index is 0.0356. The van der Waals surface area contributed by atoms with Gasteiger partial charge in [0.1, 0.15) is 18.1 Å². The van der Waals surface area contributed by atoms with Crippen LogP contribution in [-0.4, -0.2) is 50.7 Å². The van der Waals surface area contributed by atoms with Gasteiger partial charge >= 0.3 is 0 Å². The number of hydrogen-bond donors (Lipinski definition) is 2. The molecule has 1 saturated carbocycles. The number of carbonyl (C=O) groups is 1. The quantitative estimate of drug-likeness (QED) is 0.692. The van der Waals surface area contributed by atoms with Gasteiger partial charge in [0.25, 0.3) is 5.91 Å². The molecule has 1 atom stereocenters. The second-order valence-electron chi connectivity index (χ2n) is 9.48. The standard InChI is InChI=1S/C26H33N3O3/c1-17-6-7-19(32-16-18-8-12-29(18)2)13-22(17)25(30)28-26(9-10-26)23-14-20(31-3)15-24-21(23)5-4-11-27-24/h6-7,13-15,18,27H,4-5,8-12,16H2,1-3H3,(H,28,30)/t18-/m0/s1. The van der Waals surface area contributed by atoms with Crippen LogP contribution in [0.15, 0.2) is 30.3 Å². The molecule has 2 heterocycles. The second-order valence-corrected chi connectivity index (χ2v) is 9.48. The number of likely N-dealkylation sites (N-methyl/N-ethyl adjacent to an activating group) is 1. The molecular formula is C26H33N3O3. The minimum atomic E-state index is -0.313. The molecule has 0 spiro atoms. The van der Waals surface area contributed by atoms with E-state index in [1.807, 2.05) is 25.1 Å². The molecule has 0 bridgehead atoms. The van der Waals surface area contributed by atoms with Crippen LogP contribution in [0, 0.1) is 6.92 Å². The number of likely N-dealkylation sites (tertiary alicyclic amines) is 1. The summed E-state index contributed by atoms with van der Waals surface area (Å²) in [6.07, 6.45) is 5.18. The van der Waals surface area contributed by atoms with Crippen molar-refractivity contribution in [2.24, 2.45) is 0 Å². The average molecular weight is 436 g/mol. The van der Waals surface area contributed by atoms with Crippen LogP contribution in [0.3, 0.4) is 0 Å². The third-order valence-corrected chi connectivity index (χ3v) is 7.33. The Labute approximate surface area is 190 Å². The summed E-state index contributed by atoms with van der Waals surface area (Å²) >= 11 is 0. The average Bonchev–Trinajstić information content (AvgIpc) is 3.58. The second kappa shape index (κ2) is 8.32. The van der Waals surface area contributed by atoms with Crippen LogP contribution in [0.4, 0.5) is 5.69 Å². The highest BCUT2D eigenvalue weighted by Crippen LogP contribution is 2.50. The highest BCUT2D eigenvalue weighted by atomic mass is 16.5. The molecular weight excluding hydrogens is 402 g/mol. The number of nitrogens with one attached hydrogen (secondary N) is 2. The number of benzene rings is 2. The van der Waals surface area contributed by atoms with Crippen LogP contribution >= 0.6 is 0 Å². The summed E-state index contributed by atoms with van der Waals surface area (Å²) in [7, 11) is 3.82. The number of methoxy groups -OCH3 is 1. The molecule has 2 aromatic carbocycles. The molecule has 2 aliphatic heterocycles. The third-order valence-electron chi connectivity index (χ3n) is 7.33. The number of aryl methyl sites for hydroxylation is 1. The Morgan fingerprint density at radius 2 is 2.09 bits per heavy atom. The number of nitrogens with zero attached hydrogens (tertiary/aromatic N) is 1. The summed E-state index contributed by atoms with van der Waals surface area (Å²) in [5, 5.41) is 6.88. The van der Waals surface area contributed by atoms with Crippen molar-refractivity contribution in [3.05, 3.63) is 52.6 Å². The lowest BCUT2D eigenvalue weighted by Crippen LogP contribution is -2.48. The van der Waals surface area contributed by atoms with E-state index in [1.165, 1.54) is 11.1 Å². The summed E-state index contributed by atoms with van der Waals surface area (Å²) < 4.78 is 11.6. The molecule has 0 unspecified atom stereocenters. The maximum atomic E-state index is 13.4. The number of ether oxygens (including phenoxy) is 2. The lowest BCUT2D eigenvalue weighted by atomic mass is 9.91. The van der Waals surface area contributed by atoms with E-state index in [9.17, 15) is 4.79 Å². The van der Waals surface area contributed by atoms with E-state index in [0.717, 1.165) is 67.9 Å². The first-order valence-electron chi connectivity index (χ1n) is 11.7. The Hall–Kier alpha value is -2.73. The number of anilines is 1. The summed E-state index contributed by atoms with van der Waals surface area (Å²) in [6, 6.07) is 10.5. The number of amides is 1. The van der Waals surface area contributed by atoms with Gasteiger partial charge in [-0.15, -0.1) is 0 Å². The molecule has 170 valence electrons. The van der Waals surface area contributed by atoms with Crippen LogP contribution in [0.2, 0.25) is 0 Å². The van der Waals surface area contributed by atoms with Gasteiger partial charge in [-0.05, 0) is 87.5 Å². The molecule has 5 rings (SSSR count). The summed E-state index contributed by atoms with van der Waals surface area (Å²) in [5.74, 6) is 1.56. The Kier molecular flexibility index (Phi) is 5.49. The van der Waals surface area contributed by atoms with E-state index in [4.69, 9.17) is 9.47 Å². The molecule has 0 aromatic heterocycles. The lowest BCUT2D eigenvalue weighted by molar-refractivity contribution is 0.0767. The molecule has 6 nitrogen and oxygen atoms in total. The monoisotopic (exact) mass is 435 g/mol. The van der Waals surface area contributed by atoms with E-state index in [0.29, 0.717) is 18.2 Å². The molecule has 6 heteroatoms. The Balaban J connectivity index is 1.37. The van der Waals surface area contributed by atoms with E-state index >= 15 is 0 Å². The summed E-state index contributed by atoms with van der Waals surface area (Å²) in [4.78, 5) is 15.7. The highest BCUT2D eigenvalue weighted by Gasteiger charge is 2.48. The van der Waals surface area contributed by atoms with E-state index in [2.05, 4.69) is 34.7 Å². The Bertz CT molecular complexity index is 1030. The van der Waals surface area contributed by atoms with Gasteiger partial charge in [-0.25, -0.2) is 0 Å². The summed E-state index contributed by atoms with van der Waals surface area (Å²) in [5.41, 5.74) is 4.98. The van der Waals surface area contributed by atoms with Gasteiger partial charge in [-0.2, -0.15) is 0 Å². The number of carbonyl (C=O) groups excluding carboxylic acids is 1. The predicted octanol–water partition coefficient (Wildman–Crippen LogP) is 3.86. The van der Waals surface area contributed by atoms with Crippen LogP contribution < -0.4 is 20.1 Å². The lowest BCUT2D eigenvalue weighted by Gasteiger charge is -2.37. The van der Waals surface area contributed by atoms with Gasteiger partial charge in [0.15, 0.2) is 0 Å². The maximum Gasteiger partial charge on any atom is 0.252 e. The van der Waals surface area contributed by atoms with Crippen LogP contribution in [0.5, 0.6) is 11.5 Å². The first kappa shape index (κ1) is 21.1. The van der Waals surface area contributed by atoms with Crippen LogP contribution in [0.1, 0.15) is 52.7 Å². The Morgan fingerprint density at radius 3 is 2.78 bits per heavy atom. The molecule has 32 heavy (non-hydrogen) atoms. The number of hydrogen-bond acceptors (Lipinski definition) is 5. The Morgan fingerprint density at radius 1 is 1.25 bits per heavy atom. The van der Waals surface area contributed by atoms with Crippen molar-refractivity contribution in [1.82, 2.24) is 10.2 Å². The molecule has 1 aliphatic carbocycles. The molecule has 2 aromatic rings. The van der Waals surface area contributed by atoms with E-state index < -0.39 is 0 Å². The number of rotatable bonds is 7. The van der Waals surface area contributed by atoms with Gasteiger partial charge in [-0.3, -0.25) is 9.69 Å². The largest absolute Gasteiger partial charge is 0.497 e. The van der Waals surface area contributed by atoms with Crippen molar-refractivity contribution >= 4 is 11.6 Å². The van der Waals surface area contributed by atoms with E-state index in [1.54, 1.807) is 7.11 Å². The van der Waals surface area contributed by atoms with Gasteiger partial charge in [0, 0.05) is 29.9 Å². The van der Waals surface area contributed by atoms with Crippen molar-refractivity contribution < 1.29 is 14.3 Å². The fraction of sp³-hybridized carbons (Fsp3) is 0.500. The predicted molar refractivity (Wildman–Crippen MR) is 126 cm³/mol. The molecule has 2 fully saturated rings. The third kappa shape index (κ3) is 3.92. The zero-order valence-electron chi connectivity index (χ0n) is 19.3. The smallest absolute Gasteiger partial charge is 0.252 e. The van der Waals surface area contributed by atoms with Crippen molar-refractivity contribution in [1.29, 1.82) is 0 Å². The molecule has 2 N–H and O–H groups in total. The molecule has 0 radical (unpaired) electrons. The first-order valence-corrected chi connectivity index (χ1v) is 11.7. The van der Waals surface area contributed by atoms with E-state index in [-0.39, 0.29) is 11.4 Å². The van der Waals surface area contributed by atoms with Gasteiger partial charge < -0.3 is 20.1 Å². The SMILES string of the molecule is COc1cc2c(c(C3(NC(=O)c4cc(OC[C@@H]5CCN5C)ccc4C)CC3)c1)CCCN2. The molecule has 1 saturated heterocycles. The zero-order chi connectivity index (χ0) is 22.3. The molecule has 3 aliphatic rings. The topological polar surface area (TPSA) is 62.8 Å². The van der Waals surface area contributed by atoms with Gasteiger partial charge in [-0.1, -0.05) is 6.07 Å². The van der Waals surface area contributed by atoms with Crippen molar-refractivity contribution in [3.63, 3.8) is 0 Å². The minimum Gasteiger partial charge on any atom is -0.497 e. The fourth-order valence-corrected chi connectivity index (χ4v) is 4.89. The van der Waals surface area contributed by atoms with Crippen molar-refractivity contribution in [2.45, 2.75) is 50.6 Å². The maximum absolute atomic E-state index is 13.4. The normalized spacial score (nSPS) is 21.0. The number of fused-ring (bicyclic) bond motifs is 1. The van der Waals surface area contributed by atoms with Crippen molar-refractivity contribution in [2.75, 3.05) is 39.2 Å².